The molecular formula is C20H21ClF3NO2. The summed E-state index contributed by atoms with van der Waals surface area (Å²) in [5.41, 5.74) is 1.30. The van der Waals surface area contributed by atoms with Crippen LogP contribution >= 0.6 is 11.6 Å². The van der Waals surface area contributed by atoms with E-state index >= 15 is 0 Å². The number of pyridine rings is 1. The van der Waals surface area contributed by atoms with Gasteiger partial charge in [0.15, 0.2) is 0 Å². The van der Waals surface area contributed by atoms with Gasteiger partial charge in [-0.25, -0.2) is 0 Å². The van der Waals surface area contributed by atoms with E-state index in [1.165, 1.54) is 12.1 Å². The van der Waals surface area contributed by atoms with Crippen LogP contribution in [0.25, 0.3) is 0 Å². The van der Waals surface area contributed by atoms with E-state index in [0.717, 1.165) is 11.1 Å². The summed E-state index contributed by atoms with van der Waals surface area (Å²) in [4.78, 5) is 4.14. The van der Waals surface area contributed by atoms with E-state index in [9.17, 15) is 13.2 Å². The number of nitrogens with zero attached hydrogens (tertiary/aromatic N) is 1. The van der Waals surface area contributed by atoms with E-state index in [1.807, 2.05) is 26.0 Å². The van der Waals surface area contributed by atoms with Crippen LogP contribution in [0.15, 0.2) is 55.4 Å². The van der Waals surface area contributed by atoms with Crippen molar-refractivity contribution in [2.75, 3.05) is 6.61 Å². The topological polar surface area (TPSA) is 31.4 Å². The molecule has 1 heterocycles. The van der Waals surface area contributed by atoms with Gasteiger partial charge in [0, 0.05) is 12.4 Å². The van der Waals surface area contributed by atoms with Crippen molar-refractivity contribution < 1.29 is 22.6 Å². The van der Waals surface area contributed by atoms with Crippen molar-refractivity contribution in [3.63, 3.8) is 0 Å². The standard InChI is InChI=1S/C20H21ClF3NO2/c1-4-10-26-18(15-6-5-9-25-13-15)19(2,3)12-14-7-8-17(16(21)11-14)27-20(22,23)24/h4-9,11,13,18H,1,10,12H2,2-3H3. The van der Waals surface area contributed by atoms with Gasteiger partial charge in [-0.3, -0.25) is 4.98 Å². The van der Waals surface area contributed by atoms with E-state index in [0.29, 0.717) is 13.0 Å². The highest BCUT2D eigenvalue weighted by Crippen LogP contribution is 2.40. The van der Waals surface area contributed by atoms with Crippen LogP contribution in [0, 0.1) is 5.41 Å². The average Bonchev–Trinajstić information content (AvgIpc) is 2.57. The van der Waals surface area contributed by atoms with Gasteiger partial charge in [0.2, 0.25) is 0 Å². The zero-order valence-electron chi connectivity index (χ0n) is 15.1. The summed E-state index contributed by atoms with van der Waals surface area (Å²) in [6.45, 7) is 8.07. The summed E-state index contributed by atoms with van der Waals surface area (Å²) >= 11 is 5.96. The van der Waals surface area contributed by atoms with E-state index in [2.05, 4.69) is 16.3 Å². The van der Waals surface area contributed by atoms with Crippen LogP contribution in [0.2, 0.25) is 5.02 Å². The molecule has 2 aromatic rings. The van der Waals surface area contributed by atoms with E-state index in [-0.39, 0.29) is 16.5 Å². The number of benzene rings is 1. The second-order valence-electron chi connectivity index (χ2n) is 6.77. The van der Waals surface area contributed by atoms with Crippen molar-refractivity contribution in [3.05, 3.63) is 71.5 Å². The number of hydrogen-bond donors (Lipinski definition) is 0. The van der Waals surface area contributed by atoms with Gasteiger partial charge in [-0.2, -0.15) is 0 Å². The predicted octanol–water partition coefficient (Wildman–Crippen LogP) is 6.15. The summed E-state index contributed by atoms with van der Waals surface area (Å²) in [6, 6.07) is 8.04. The lowest BCUT2D eigenvalue weighted by Crippen LogP contribution is -2.27. The van der Waals surface area contributed by atoms with E-state index in [4.69, 9.17) is 16.3 Å². The first-order valence-electron chi connectivity index (χ1n) is 8.29. The van der Waals surface area contributed by atoms with Crippen molar-refractivity contribution in [1.82, 2.24) is 4.98 Å². The summed E-state index contributed by atoms with van der Waals surface area (Å²) in [6.07, 6.45) is 0.543. The molecule has 1 unspecified atom stereocenters. The van der Waals surface area contributed by atoms with Gasteiger partial charge in [0.1, 0.15) is 5.75 Å². The van der Waals surface area contributed by atoms with Crippen LogP contribution in [-0.2, 0) is 11.2 Å². The first-order chi connectivity index (χ1) is 12.6. The predicted molar refractivity (Wildman–Crippen MR) is 98.7 cm³/mol. The number of aromatic nitrogens is 1. The molecule has 0 amide bonds. The summed E-state index contributed by atoms with van der Waals surface area (Å²) < 4.78 is 47.1. The molecule has 0 fully saturated rings. The monoisotopic (exact) mass is 399 g/mol. The minimum absolute atomic E-state index is 0.0921. The Kier molecular flexibility index (Phi) is 6.89. The minimum Gasteiger partial charge on any atom is -0.404 e. The summed E-state index contributed by atoms with van der Waals surface area (Å²) in [7, 11) is 0. The zero-order chi connectivity index (χ0) is 20.1. The number of halogens is 4. The van der Waals surface area contributed by atoms with Crippen LogP contribution in [0.4, 0.5) is 13.2 Å². The number of alkyl halides is 3. The van der Waals surface area contributed by atoms with Gasteiger partial charge in [-0.05, 0) is 41.2 Å². The maximum Gasteiger partial charge on any atom is 0.573 e. The molecule has 27 heavy (non-hydrogen) atoms. The SMILES string of the molecule is C=CCOC(c1cccnc1)C(C)(C)Cc1ccc(OC(F)(F)F)c(Cl)c1. The molecule has 2 rings (SSSR count). The Labute approximate surface area is 161 Å². The Bertz CT molecular complexity index is 764. The highest BCUT2D eigenvalue weighted by Gasteiger charge is 2.34. The van der Waals surface area contributed by atoms with Crippen LogP contribution in [0.3, 0.4) is 0 Å². The number of ether oxygens (including phenoxy) is 2. The Morgan fingerprint density at radius 2 is 2.00 bits per heavy atom. The largest absolute Gasteiger partial charge is 0.573 e. The summed E-state index contributed by atoms with van der Waals surface area (Å²) in [5, 5.41) is -0.0921. The molecule has 1 aromatic carbocycles. The molecule has 1 atom stereocenters. The van der Waals surface area contributed by atoms with Crippen molar-refractivity contribution >= 4 is 11.6 Å². The van der Waals surface area contributed by atoms with Gasteiger partial charge >= 0.3 is 6.36 Å². The lowest BCUT2D eigenvalue weighted by Gasteiger charge is -2.34. The number of hydrogen-bond acceptors (Lipinski definition) is 3. The lowest BCUT2D eigenvalue weighted by atomic mass is 9.78. The molecule has 0 aliphatic heterocycles. The molecule has 1 aromatic heterocycles. The fourth-order valence-electron chi connectivity index (χ4n) is 2.95. The molecule has 0 N–H and O–H groups in total. The second kappa shape index (κ2) is 8.76. The Balaban J connectivity index is 2.24. The zero-order valence-corrected chi connectivity index (χ0v) is 15.8. The Hall–Kier alpha value is -2.05. The molecule has 0 radical (unpaired) electrons. The second-order valence-corrected chi connectivity index (χ2v) is 7.17. The smallest absolute Gasteiger partial charge is 0.404 e. The van der Waals surface area contributed by atoms with Gasteiger partial charge in [0.05, 0.1) is 17.7 Å². The fraction of sp³-hybridized carbons (Fsp3) is 0.350. The minimum atomic E-state index is -4.78. The number of rotatable bonds is 8. The molecule has 0 bridgehead atoms. The van der Waals surface area contributed by atoms with Crippen LogP contribution in [-0.4, -0.2) is 18.0 Å². The third kappa shape index (κ3) is 6.26. The molecular weight excluding hydrogens is 379 g/mol. The average molecular weight is 400 g/mol. The molecule has 0 aliphatic carbocycles. The summed E-state index contributed by atoms with van der Waals surface area (Å²) in [5.74, 6) is -0.419. The quantitative estimate of drug-likeness (QED) is 0.499. The first kappa shape index (κ1) is 21.3. The maximum atomic E-state index is 12.4. The third-order valence-electron chi connectivity index (χ3n) is 3.96. The maximum absolute atomic E-state index is 12.4. The van der Waals surface area contributed by atoms with Crippen molar-refractivity contribution in [1.29, 1.82) is 0 Å². The van der Waals surface area contributed by atoms with Crippen molar-refractivity contribution in [3.8, 4) is 5.75 Å². The molecule has 0 saturated heterocycles. The van der Waals surface area contributed by atoms with Gasteiger partial charge in [0.25, 0.3) is 0 Å². The molecule has 3 nitrogen and oxygen atoms in total. The lowest BCUT2D eigenvalue weighted by molar-refractivity contribution is -0.274. The van der Waals surface area contributed by atoms with Gasteiger partial charge in [-0.1, -0.05) is 43.7 Å². The Morgan fingerprint density at radius 1 is 1.26 bits per heavy atom. The molecule has 0 aliphatic rings. The molecule has 0 spiro atoms. The van der Waals surface area contributed by atoms with Gasteiger partial charge < -0.3 is 9.47 Å². The first-order valence-corrected chi connectivity index (χ1v) is 8.67. The molecule has 146 valence electrons. The molecule has 7 heteroatoms. The Morgan fingerprint density at radius 3 is 2.56 bits per heavy atom. The highest BCUT2D eigenvalue weighted by atomic mass is 35.5. The van der Waals surface area contributed by atoms with Crippen molar-refractivity contribution in [2.45, 2.75) is 32.7 Å². The fourth-order valence-corrected chi connectivity index (χ4v) is 3.19. The third-order valence-corrected chi connectivity index (χ3v) is 4.25. The van der Waals surface area contributed by atoms with Gasteiger partial charge in [-0.15, -0.1) is 19.8 Å². The van der Waals surface area contributed by atoms with Crippen LogP contribution in [0.5, 0.6) is 5.75 Å². The van der Waals surface area contributed by atoms with E-state index < -0.39 is 12.1 Å². The highest BCUT2D eigenvalue weighted by molar-refractivity contribution is 6.32. The molecule has 0 saturated carbocycles. The van der Waals surface area contributed by atoms with Crippen LogP contribution in [0.1, 0.15) is 31.1 Å². The van der Waals surface area contributed by atoms with E-state index in [1.54, 1.807) is 24.5 Å². The van der Waals surface area contributed by atoms with Crippen molar-refractivity contribution in [2.24, 2.45) is 5.41 Å². The van der Waals surface area contributed by atoms with Crippen LogP contribution < -0.4 is 4.74 Å². The normalized spacial score (nSPS) is 13.3.